The van der Waals surface area contributed by atoms with Gasteiger partial charge in [-0.3, -0.25) is 0 Å². The van der Waals surface area contributed by atoms with Gasteiger partial charge in [0.1, 0.15) is 0 Å². The maximum Gasteiger partial charge on any atom is 0.0589 e. The Hall–Kier alpha value is -0.0800. The molecule has 0 spiro atoms. The zero-order valence-corrected chi connectivity index (χ0v) is 13.0. The van der Waals surface area contributed by atoms with Crippen molar-refractivity contribution in [2.75, 3.05) is 33.9 Å². The van der Waals surface area contributed by atoms with Crippen LogP contribution in [0.1, 0.15) is 71.1 Å². The van der Waals surface area contributed by atoms with Crippen LogP contribution in [0.25, 0.3) is 0 Å². The van der Waals surface area contributed by atoms with Crippen LogP contribution >= 0.6 is 0 Å². The molecule has 0 aromatic carbocycles. The van der Waals surface area contributed by atoms with E-state index in [1.165, 1.54) is 70.8 Å². The van der Waals surface area contributed by atoms with Crippen LogP contribution in [-0.4, -0.2) is 38.8 Å². The molecule has 0 aliphatic heterocycles. The fourth-order valence-electron chi connectivity index (χ4n) is 2.23. The van der Waals surface area contributed by atoms with Crippen LogP contribution in [-0.2, 0) is 4.74 Å². The lowest BCUT2D eigenvalue weighted by molar-refractivity contribution is 0.160. The molecule has 110 valence electrons. The lowest BCUT2D eigenvalue weighted by Gasteiger charge is -2.15. The highest BCUT2D eigenvalue weighted by Crippen LogP contribution is 2.10. The lowest BCUT2D eigenvalue weighted by atomic mass is 10.1. The van der Waals surface area contributed by atoms with E-state index >= 15 is 0 Å². The monoisotopic (exact) mass is 257 g/mol. The van der Waals surface area contributed by atoms with Crippen molar-refractivity contribution >= 4 is 0 Å². The second kappa shape index (κ2) is 15.0. The predicted molar refractivity (Wildman–Crippen MR) is 81.2 cm³/mol. The molecule has 0 heterocycles. The molecule has 0 atom stereocenters. The molecular weight excluding hydrogens is 222 g/mol. The third kappa shape index (κ3) is 14.0. The van der Waals surface area contributed by atoms with Crippen LogP contribution < -0.4 is 0 Å². The van der Waals surface area contributed by atoms with Crippen molar-refractivity contribution in [1.29, 1.82) is 0 Å². The van der Waals surface area contributed by atoms with Gasteiger partial charge >= 0.3 is 0 Å². The van der Waals surface area contributed by atoms with Gasteiger partial charge in [0.25, 0.3) is 0 Å². The lowest BCUT2D eigenvalue weighted by Crippen LogP contribution is -2.23. The summed E-state index contributed by atoms with van der Waals surface area (Å²) < 4.78 is 5.07. The Labute approximate surface area is 115 Å². The molecule has 0 amide bonds. The molecule has 0 fully saturated rings. The van der Waals surface area contributed by atoms with E-state index < -0.39 is 0 Å². The van der Waals surface area contributed by atoms with E-state index in [4.69, 9.17) is 4.74 Å². The summed E-state index contributed by atoms with van der Waals surface area (Å²) in [6.07, 6.45) is 14.2. The van der Waals surface area contributed by atoms with Crippen LogP contribution in [0.15, 0.2) is 0 Å². The van der Waals surface area contributed by atoms with Gasteiger partial charge in [-0.05, 0) is 20.0 Å². The summed E-state index contributed by atoms with van der Waals surface area (Å²) in [5.74, 6) is 0. The highest BCUT2D eigenvalue weighted by Gasteiger charge is 1.97. The predicted octanol–water partition coefficient (Wildman–Crippen LogP) is 4.49. The van der Waals surface area contributed by atoms with Crippen LogP contribution in [0.2, 0.25) is 0 Å². The molecule has 0 bridgehead atoms. The first-order chi connectivity index (χ1) is 8.81. The Morgan fingerprint density at radius 1 is 0.722 bits per heavy atom. The molecule has 0 radical (unpaired) electrons. The Morgan fingerprint density at radius 2 is 1.22 bits per heavy atom. The molecule has 0 rings (SSSR count). The second-order valence-electron chi connectivity index (χ2n) is 5.48. The van der Waals surface area contributed by atoms with Gasteiger partial charge in [0.15, 0.2) is 0 Å². The van der Waals surface area contributed by atoms with E-state index in [0.717, 1.165) is 13.2 Å². The number of rotatable bonds is 14. The number of nitrogens with zero attached hydrogens (tertiary/aromatic N) is 1. The van der Waals surface area contributed by atoms with Gasteiger partial charge in [0.2, 0.25) is 0 Å². The average molecular weight is 257 g/mol. The molecule has 0 aliphatic carbocycles. The summed E-state index contributed by atoms with van der Waals surface area (Å²) in [7, 11) is 3.96. The first-order valence-electron chi connectivity index (χ1n) is 7.98. The van der Waals surface area contributed by atoms with Gasteiger partial charge in [-0.15, -0.1) is 0 Å². The van der Waals surface area contributed by atoms with Crippen LogP contribution in [0.5, 0.6) is 0 Å². The van der Waals surface area contributed by atoms with Crippen molar-refractivity contribution in [3.8, 4) is 0 Å². The summed E-state index contributed by atoms with van der Waals surface area (Å²) in [6, 6.07) is 0. The number of ether oxygens (including phenoxy) is 1. The van der Waals surface area contributed by atoms with Crippen molar-refractivity contribution < 1.29 is 4.74 Å². The van der Waals surface area contributed by atoms with Gasteiger partial charge in [-0.2, -0.15) is 0 Å². The molecule has 0 unspecified atom stereocenters. The summed E-state index contributed by atoms with van der Waals surface area (Å²) in [4.78, 5) is 2.37. The molecule has 0 N–H and O–H groups in total. The molecule has 0 saturated carbocycles. The van der Waals surface area contributed by atoms with Gasteiger partial charge in [0.05, 0.1) is 6.61 Å². The summed E-state index contributed by atoms with van der Waals surface area (Å²) in [6.45, 7) is 5.42. The third-order valence-electron chi connectivity index (χ3n) is 3.57. The maximum atomic E-state index is 5.07. The van der Waals surface area contributed by atoms with Crippen molar-refractivity contribution in [2.45, 2.75) is 71.1 Å². The third-order valence-corrected chi connectivity index (χ3v) is 3.57. The zero-order chi connectivity index (χ0) is 13.5. The van der Waals surface area contributed by atoms with E-state index in [0.29, 0.717) is 0 Å². The maximum absolute atomic E-state index is 5.07. The first-order valence-corrected chi connectivity index (χ1v) is 7.98. The minimum Gasteiger partial charge on any atom is -0.383 e. The first kappa shape index (κ1) is 17.9. The van der Waals surface area contributed by atoms with E-state index in [2.05, 4.69) is 18.9 Å². The van der Waals surface area contributed by atoms with Gasteiger partial charge in [0, 0.05) is 13.7 Å². The molecule has 18 heavy (non-hydrogen) atoms. The quantitative estimate of drug-likeness (QED) is 0.425. The SMILES string of the molecule is CCCCCCCCCCCCN(C)CCOC. The summed E-state index contributed by atoms with van der Waals surface area (Å²) in [5, 5.41) is 0. The largest absolute Gasteiger partial charge is 0.383 e. The van der Waals surface area contributed by atoms with Crippen LogP contribution in [0.3, 0.4) is 0 Å². The number of hydrogen-bond acceptors (Lipinski definition) is 2. The van der Waals surface area contributed by atoms with Crippen molar-refractivity contribution in [1.82, 2.24) is 4.90 Å². The Balaban J connectivity index is 3.02. The zero-order valence-electron chi connectivity index (χ0n) is 13.0. The van der Waals surface area contributed by atoms with Gasteiger partial charge in [-0.25, -0.2) is 0 Å². The standard InChI is InChI=1S/C16H35NO/c1-4-5-6-7-8-9-10-11-12-13-14-17(2)15-16-18-3/h4-16H2,1-3H3. The molecular formula is C16H35NO. The normalized spacial score (nSPS) is 11.3. The van der Waals surface area contributed by atoms with Crippen molar-refractivity contribution in [2.24, 2.45) is 0 Å². The van der Waals surface area contributed by atoms with Crippen molar-refractivity contribution in [3.05, 3.63) is 0 Å². The van der Waals surface area contributed by atoms with E-state index in [1.54, 1.807) is 7.11 Å². The molecule has 2 nitrogen and oxygen atoms in total. The fraction of sp³-hybridized carbons (Fsp3) is 1.00. The van der Waals surface area contributed by atoms with Gasteiger partial charge in [-0.1, -0.05) is 64.7 Å². The Morgan fingerprint density at radius 3 is 1.72 bits per heavy atom. The second-order valence-corrected chi connectivity index (χ2v) is 5.48. The van der Waals surface area contributed by atoms with Crippen molar-refractivity contribution in [3.63, 3.8) is 0 Å². The minimum absolute atomic E-state index is 0.855. The number of methoxy groups -OCH3 is 1. The van der Waals surface area contributed by atoms with Crippen LogP contribution in [0, 0.1) is 0 Å². The summed E-state index contributed by atoms with van der Waals surface area (Å²) >= 11 is 0. The molecule has 0 aliphatic rings. The van der Waals surface area contributed by atoms with E-state index in [9.17, 15) is 0 Å². The molecule has 0 aromatic rings. The number of unbranched alkanes of at least 4 members (excludes halogenated alkanes) is 9. The van der Waals surface area contributed by atoms with Crippen LogP contribution in [0.4, 0.5) is 0 Å². The van der Waals surface area contributed by atoms with E-state index in [-0.39, 0.29) is 0 Å². The minimum atomic E-state index is 0.855. The van der Waals surface area contributed by atoms with E-state index in [1.807, 2.05) is 0 Å². The number of likely N-dealkylation sites (N-methyl/N-ethyl adjacent to an activating group) is 1. The smallest absolute Gasteiger partial charge is 0.0589 e. The highest BCUT2D eigenvalue weighted by molar-refractivity contribution is 4.52. The number of hydrogen-bond donors (Lipinski definition) is 0. The highest BCUT2D eigenvalue weighted by atomic mass is 16.5. The Kier molecular flexibility index (Phi) is 14.9. The molecule has 2 heteroatoms. The molecule has 0 saturated heterocycles. The average Bonchev–Trinajstić information content (AvgIpc) is 2.38. The summed E-state index contributed by atoms with van der Waals surface area (Å²) in [5.41, 5.74) is 0. The van der Waals surface area contributed by atoms with Gasteiger partial charge < -0.3 is 9.64 Å². The topological polar surface area (TPSA) is 12.5 Å². The molecule has 0 aromatic heterocycles. The fourth-order valence-corrected chi connectivity index (χ4v) is 2.23. The Bertz CT molecular complexity index is 150.